The monoisotopic (exact) mass is 405 g/mol. The molecule has 0 aliphatic heterocycles. The number of halogens is 1. The first kappa shape index (κ1) is 16.5. The Balaban J connectivity index is 1.63. The van der Waals surface area contributed by atoms with E-state index in [-0.39, 0.29) is 5.91 Å². The van der Waals surface area contributed by atoms with Crippen molar-refractivity contribution in [3.63, 3.8) is 0 Å². The minimum absolute atomic E-state index is 0.150. The number of benzene rings is 3. The quantitative estimate of drug-likeness (QED) is 0.499. The van der Waals surface area contributed by atoms with Crippen molar-refractivity contribution >= 4 is 38.6 Å². The summed E-state index contributed by atoms with van der Waals surface area (Å²) in [5.74, 6) is -0.150. The van der Waals surface area contributed by atoms with Gasteiger partial charge in [-0.15, -0.1) is 0 Å². The van der Waals surface area contributed by atoms with Crippen molar-refractivity contribution in [1.82, 2.24) is 9.55 Å². The molecule has 3 aromatic carbocycles. The van der Waals surface area contributed by atoms with Crippen LogP contribution in [-0.2, 0) is 0 Å². The van der Waals surface area contributed by atoms with E-state index in [1.165, 1.54) is 0 Å². The zero-order chi connectivity index (χ0) is 18.1. The lowest BCUT2D eigenvalue weighted by atomic mass is 10.1. The topological polar surface area (TPSA) is 46.9 Å². The molecule has 0 saturated heterocycles. The Bertz CT molecular complexity index is 1100. The molecular formula is C21H16BrN3O. The molecule has 0 radical (unpaired) electrons. The highest BCUT2D eigenvalue weighted by Gasteiger charge is 2.11. The predicted octanol–water partition coefficient (Wildman–Crippen LogP) is 5.35. The highest BCUT2D eigenvalue weighted by atomic mass is 79.9. The normalized spacial score (nSPS) is 10.8. The van der Waals surface area contributed by atoms with Crippen LogP contribution in [0.2, 0.25) is 0 Å². The Morgan fingerprint density at radius 3 is 2.62 bits per heavy atom. The highest BCUT2D eigenvalue weighted by Crippen LogP contribution is 2.22. The van der Waals surface area contributed by atoms with E-state index >= 15 is 0 Å². The summed E-state index contributed by atoms with van der Waals surface area (Å²) in [6.45, 7) is 1.99. The number of aryl methyl sites for hydroxylation is 1. The number of hydrogen-bond donors (Lipinski definition) is 1. The molecule has 0 aliphatic rings. The molecule has 0 aliphatic carbocycles. The third-order valence-corrected chi connectivity index (χ3v) is 5.15. The van der Waals surface area contributed by atoms with Crippen molar-refractivity contribution in [2.24, 2.45) is 0 Å². The molecule has 4 rings (SSSR count). The van der Waals surface area contributed by atoms with Crippen LogP contribution >= 0.6 is 15.9 Å². The average molecular weight is 406 g/mol. The molecule has 0 atom stereocenters. The van der Waals surface area contributed by atoms with Crippen LogP contribution in [0.1, 0.15) is 15.9 Å². The Hall–Kier alpha value is -2.92. The van der Waals surface area contributed by atoms with Crippen molar-refractivity contribution < 1.29 is 4.79 Å². The van der Waals surface area contributed by atoms with E-state index in [1.54, 1.807) is 6.33 Å². The summed E-state index contributed by atoms with van der Waals surface area (Å²) in [5.41, 5.74) is 5.21. The Kier molecular flexibility index (Phi) is 4.31. The molecule has 0 saturated carbocycles. The van der Waals surface area contributed by atoms with Gasteiger partial charge in [0.1, 0.15) is 6.33 Å². The maximum atomic E-state index is 12.6. The molecule has 1 amide bonds. The number of fused-ring (bicyclic) bond motifs is 1. The lowest BCUT2D eigenvalue weighted by Crippen LogP contribution is -2.11. The molecular weight excluding hydrogens is 390 g/mol. The molecule has 26 heavy (non-hydrogen) atoms. The first-order valence-corrected chi connectivity index (χ1v) is 9.01. The molecule has 5 heteroatoms. The maximum Gasteiger partial charge on any atom is 0.255 e. The largest absolute Gasteiger partial charge is 0.322 e. The van der Waals surface area contributed by atoms with E-state index < -0.39 is 0 Å². The number of carbonyl (C=O) groups excluding carboxylic acids is 1. The van der Waals surface area contributed by atoms with Crippen molar-refractivity contribution in [3.8, 4) is 5.69 Å². The summed E-state index contributed by atoms with van der Waals surface area (Å²) in [6, 6.07) is 21.3. The van der Waals surface area contributed by atoms with Crippen LogP contribution in [0.5, 0.6) is 0 Å². The van der Waals surface area contributed by atoms with Crippen LogP contribution in [0.15, 0.2) is 77.5 Å². The fourth-order valence-electron chi connectivity index (χ4n) is 2.87. The van der Waals surface area contributed by atoms with Gasteiger partial charge >= 0.3 is 0 Å². The number of rotatable bonds is 3. The van der Waals surface area contributed by atoms with Crippen LogP contribution in [-0.4, -0.2) is 15.5 Å². The van der Waals surface area contributed by atoms with Gasteiger partial charge in [-0.3, -0.25) is 9.36 Å². The third kappa shape index (κ3) is 3.13. The van der Waals surface area contributed by atoms with Gasteiger partial charge in [0, 0.05) is 21.4 Å². The number of anilines is 1. The first-order chi connectivity index (χ1) is 12.6. The zero-order valence-corrected chi connectivity index (χ0v) is 15.7. The van der Waals surface area contributed by atoms with Crippen molar-refractivity contribution in [3.05, 3.63) is 88.7 Å². The standard InChI is InChI=1S/C21H16BrN3O/c1-14-11-16(8-9-18(14)22)24-21(26)15-7-10-20-19(12-15)23-13-25(20)17-5-3-2-4-6-17/h2-13H,1H3,(H,24,26). The van der Waals surface area contributed by atoms with E-state index in [0.717, 1.165) is 32.4 Å². The van der Waals surface area contributed by atoms with Gasteiger partial charge in [0.25, 0.3) is 5.91 Å². The van der Waals surface area contributed by atoms with Gasteiger partial charge in [0.05, 0.1) is 11.0 Å². The van der Waals surface area contributed by atoms with Gasteiger partial charge < -0.3 is 5.32 Å². The smallest absolute Gasteiger partial charge is 0.255 e. The molecule has 128 valence electrons. The Morgan fingerprint density at radius 2 is 1.85 bits per heavy atom. The highest BCUT2D eigenvalue weighted by molar-refractivity contribution is 9.10. The van der Waals surface area contributed by atoms with E-state index in [2.05, 4.69) is 26.2 Å². The lowest BCUT2D eigenvalue weighted by Gasteiger charge is -2.08. The minimum atomic E-state index is -0.150. The second kappa shape index (κ2) is 6.77. The summed E-state index contributed by atoms with van der Waals surface area (Å²) in [5, 5.41) is 2.94. The van der Waals surface area contributed by atoms with Crippen molar-refractivity contribution in [2.45, 2.75) is 6.92 Å². The molecule has 0 fully saturated rings. The van der Waals surface area contributed by atoms with E-state index in [1.807, 2.05) is 78.2 Å². The molecule has 4 aromatic rings. The Morgan fingerprint density at radius 1 is 1.04 bits per heavy atom. The zero-order valence-electron chi connectivity index (χ0n) is 14.1. The van der Waals surface area contributed by atoms with Gasteiger partial charge in [-0.2, -0.15) is 0 Å². The summed E-state index contributed by atoms with van der Waals surface area (Å²) in [4.78, 5) is 17.0. The Labute approximate surface area is 159 Å². The van der Waals surface area contributed by atoms with Crippen molar-refractivity contribution in [1.29, 1.82) is 0 Å². The summed E-state index contributed by atoms with van der Waals surface area (Å²) in [6.07, 6.45) is 1.78. The van der Waals surface area contributed by atoms with Gasteiger partial charge in [0.2, 0.25) is 0 Å². The SMILES string of the molecule is Cc1cc(NC(=O)c2ccc3c(c2)ncn3-c2ccccc2)ccc1Br. The number of nitrogens with zero attached hydrogens (tertiary/aromatic N) is 2. The predicted molar refractivity (Wildman–Crippen MR) is 108 cm³/mol. The number of imidazole rings is 1. The van der Waals surface area contributed by atoms with Crippen molar-refractivity contribution in [2.75, 3.05) is 5.32 Å². The summed E-state index contributed by atoms with van der Waals surface area (Å²) < 4.78 is 3.03. The first-order valence-electron chi connectivity index (χ1n) is 8.22. The van der Waals surface area contributed by atoms with E-state index in [0.29, 0.717) is 5.56 Å². The third-order valence-electron chi connectivity index (χ3n) is 4.26. The van der Waals surface area contributed by atoms with Crippen LogP contribution < -0.4 is 5.32 Å². The molecule has 0 unspecified atom stereocenters. The van der Waals surface area contributed by atoms with Crippen LogP contribution in [0, 0.1) is 6.92 Å². The summed E-state index contributed by atoms with van der Waals surface area (Å²) in [7, 11) is 0. The number of amides is 1. The molecule has 1 N–H and O–H groups in total. The average Bonchev–Trinajstić information content (AvgIpc) is 3.08. The van der Waals surface area contributed by atoms with E-state index in [4.69, 9.17) is 0 Å². The van der Waals surface area contributed by atoms with Gasteiger partial charge in [-0.1, -0.05) is 34.1 Å². The number of para-hydroxylation sites is 1. The molecule has 1 heterocycles. The second-order valence-electron chi connectivity index (χ2n) is 6.07. The number of aromatic nitrogens is 2. The number of nitrogens with one attached hydrogen (secondary N) is 1. The summed E-state index contributed by atoms with van der Waals surface area (Å²) >= 11 is 3.47. The maximum absolute atomic E-state index is 12.6. The lowest BCUT2D eigenvalue weighted by molar-refractivity contribution is 0.102. The fraction of sp³-hybridized carbons (Fsp3) is 0.0476. The molecule has 4 nitrogen and oxygen atoms in total. The van der Waals surface area contributed by atoms with Gasteiger partial charge in [0.15, 0.2) is 0 Å². The fourth-order valence-corrected chi connectivity index (χ4v) is 3.12. The van der Waals surface area contributed by atoms with E-state index in [9.17, 15) is 4.79 Å². The minimum Gasteiger partial charge on any atom is -0.322 e. The number of hydrogen-bond acceptors (Lipinski definition) is 2. The van der Waals surface area contributed by atoms with Gasteiger partial charge in [-0.05, 0) is 61.0 Å². The number of carbonyl (C=O) groups is 1. The van der Waals surface area contributed by atoms with Crippen LogP contribution in [0.25, 0.3) is 16.7 Å². The molecule has 1 aromatic heterocycles. The van der Waals surface area contributed by atoms with Crippen LogP contribution in [0.4, 0.5) is 5.69 Å². The molecule has 0 bridgehead atoms. The molecule has 0 spiro atoms. The van der Waals surface area contributed by atoms with Gasteiger partial charge in [-0.25, -0.2) is 4.98 Å². The second-order valence-corrected chi connectivity index (χ2v) is 6.93. The van der Waals surface area contributed by atoms with Crippen LogP contribution in [0.3, 0.4) is 0 Å².